The van der Waals surface area contributed by atoms with Crippen LogP contribution in [0.25, 0.3) is 0 Å². The van der Waals surface area contributed by atoms with Gasteiger partial charge in [-0.1, -0.05) is 24.6 Å². The number of nitrogens with two attached hydrogens (primary N) is 1. The maximum Gasteiger partial charge on any atom is 0.123 e. The Labute approximate surface area is 103 Å². The SMILES string of the molecule is Cc1ccc2c(c1)CC(CC(C)(CN)CO)O2. The highest BCUT2D eigenvalue weighted by atomic mass is 16.5. The molecule has 17 heavy (non-hydrogen) atoms. The zero-order chi connectivity index (χ0) is 12.5. The third-order valence-electron chi connectivity index (χ3n) is 3.55. The van der Waals surface area contributed by atoms with Crippen LogP contribution in [-0.4, -0.2) is 24.4 Å². The molecule has 3 nitrogen and oxygen atoms in total. The molecule has 0 radical (unpaired) electrons. The van der Waals surface area contributed by atoms with Gasteiger partial charge in [0, 0.05) is 25.0 Å². The molecule has 0 aliphatic carbocycles. The fourth-order valence-electron chi connectivity index (χ4n) is 2.33. The van der Waals surface area contributed by atoms with Crippen molar-refractivity contribution < 1.29 is 9.84 Å². The molecule has 0 saturated carbocycles. The van der Waals surface area contributed by atoms with Crippen molar-refractivity contribution in [3.8, 4) is 5.75 Å². The molecule has 0 aromatic heterocycles. The number of aliphatic hydroxyl groups excluding tert-OH is 1. The predicted molar refractivity (Wildman–Crippen MR) is 68.2 cm³/mol. The summed E-state index contributed by atoms with van der Waals surface area (Å²) in [4.78, 5) is 0. The Balaban J connectivity index is 2.05. The predicted octanol–water partition coefficient (Wildman–Crippen LogP) is 1.65. The second-order valence-corrected chi connectivity index (χ2v) is 5.43. The molecule has 0 spiro atoms. The van der Waals surface area contributed by atoms with Crippen LogP contribution >= 0.6 is 0 Å². The van der Waals surface area contributed by atoms with Crippen molar-refractivity contribution in [3.63, 3.8) is 0 Å². The molecule has 2 unspecified atom stereocenters. The van der Waals surface area contributed by atoms with Crippen LogP contribution < -0.4 is 10.5 Å². The van der Waals surface area contributed by atoms with Gasteiger partial charge in [0.15, 0.2) is 0 Å². The summed E-state index contributed by atoms with van der Waals surface area (Å²) in [6.07, 6.45) is 1.87. The molecular weight excluding hydrogens is 214 g/mol. The quantitative estimate of drug-likeness (QED) is 0.834. The zero-order valence-electron chi connectivity index (χ0n) is 10.6. The molecule has 94 valence electrons. The maximum absolute atomic E-state index is 9.37. The molecule has 0 amide bonds. The van der Waals surface area contributed by atoms with Gasteiger partial charge in [0.2, 0.25) is 0 Å². The highest BCUT2D eigenvalue weighted by Crippen LogP contribution is 2.34. The van der Waals surface area contributed by atoms with Crippen LogP contribution in [0.15, 0.2) is 18.2 Å². The van der Waals surface area contributed by atoms with E-state index in [0.717, 1.165) is 18.6 Å². The minimum absolute atomic E-state index is 0.110. The number of hydrogen-bond donors (Lipinski definition) is 2. The Bertz CT molecular complexity index is 399. The van der Waals surface area contributed by atoms with Crippen LogP contribution in [0.2, 0.25) is 0 Å². The molecule has 3 N–H and O–H groups in total. The van der Waals surface area contributed by atoms with Crippen LogP contribution in [0.4, 0.5) is 0 Å². The molecular formula is C14H21NO2. The molecule has 1 aliphatic heterocycles. The first-order chi connectivity index (χ1) is 8.06. The number of benzene rings is 1. The Morgan fingerprint density at radius 1 is 1.53 bits per heavy atom. The average Bonchev–Trinajstić information content (AvgIpc) is 2.70. The number of fused-ring (bicyclic) bond motifs is 1. The molecule has 1 aliphatic rings. The summed E-state index contributed by atoms with van der Waals surface area (Å²) in [6, 6.07) is 6.27. The Morgan fingerprint density at radius 2 is 2.29 bits per heavy atom. The Kier molecular flexibility index (Phi) is 3.40. The average molecular weight is 235 g/mol. The third kappa shape index (κ3) is 2.61. The summed E-state index contributed by atoms with van der Waals surface area (Å²) in [6.45, 7) is 4.69. The lowest BCUT2D eigenvalue weighted by atomic mass is 9.84. The number of aliphatic hydroxyl groups is 1. The van der Waals surface area contributed by atoms with Crippen LogP contribution in [0.5, 0.6) is 5.75 Å². The number of rotatable bonds is 4. The summed E-state index contributed by atoms with van der Waals surface area (Å²) in [5, 5.41) is 9.37. The first-order valence-corrected chi connectivity index (χ1v) is 6.13. The van der Waals surface area contributed by atoms with Crippen molar-refractivity contribution in [3.05, 3.63) is 29.3 Å². The largest absolute Gasteiger partial charge is 0.490 e. The van der Waals surface area contributed by atoms with E-state index in [0.29, 0.717) is 6.54 Å². The van der Waals surface area contributed by atoms with Gasteiger partial charge in [-0.2, -0.15) is 0 Å². The van der Waals surface area contributed by atoms with Crippen molar-refractivity contribution in [2.75, 3.05) is 13.2 Å². The first kappa shape index (κ1) is 12.4. The zero-order valence-corrected chi connectivity index (χ0v) is 10.6. The molecule has 1 aromatic carbocycles. The number of ether oxygens (including phenoxy) is 1. The molecule has 1 aromatic rings. The van der Waals surface area contributed by atoms with E-state index in [1.165, 1.54) is 11.1 Å². The van der Waals surface area contributed by atoms with Crippen molar-refractivity contribution in [1.82, 2.24) is 0 Å². The van der Waals surface area contributed by atoms with E-state index in [2.05, 4.69) is 19.1 Å². The minimum Gasteiger partial charge on any atom is -0.490 e. The first-order valence-electron chi connectivity index (χ1n) is 6.13. The smallest absolute Gasteiger partial charge is 0.123 e. The van der Waals surface area contributed by atoms with E-state index in [4.69, 9.17) is 10.5 Å². The molecule has 0 bridgehead atoms. The Morgan fingerprint density at radius 3 is 2.94 bits per heavy atom. The second kappa shape index (κ2) is 4.67. The summed E-state index contributed by atoms with van der Waals surface area (Å²) in [7, 11) is 0. The lowest BCUT2D eigenvalue weighted by Gasteiger charge is -2.28. The van der Waals surface area contributed by atoms with Gasteiger partial charge >= 0.3 is 0 Å². The van der Waals surface area contributed by atoms with Crippen molar-refractivity contribution >= 4 is 0 Å². The summed E-state index contributed by atoms with van der Waals surface area (Å²) in [5.41, 5.74) is 8.01. The van der Waals surface area contributed by atoms with Gasteiger partial charge in [0.1, 0.15) is 11.9 Å². The molecule has 3 heteroatoms. The van der Waals surface area contributed by atoms with E-state index in [-0.39, 0.29) is 18.1 Å². The number of aryl methyl sites for hydroxylation is 1. The lowest BCUT2D eigenvalue weighted by molar-refractivity contribution is 0.0887. The van der Waals surface area contributed by atoms with E-state index < -0.39 is 0 Å². The molecule has 0 saturated heterocycles. The van der Waals surface area contributed by atoms with Gasteiger partial charge in [0.25, 0.3) is 0 Å². The van der Waals surface area contributed by atoms with Crippen LogP contribution in [0, 0.1) is 12.3 Å². The van der Waals surface area contributed by atoms with Gasteiger partial charge < -0.3 is 15.6 Å². The van der Waals surface area contributed by atoms with Crippen molar-refractivity contribution in [1.29, 1.82) is 0 Å². The fraction of sp³-hybridized carbons (Fsp3) is 0.571. The van der Waals surface area contributed by atoms with E-state index in [1.807, 2.05) is 13.0 Å². The van der Waals surface area contributed by atoms with Crippen LogP contribution in [0.3, 0.4) is 0 Å². The van der Waals surface area contributed by atoms with Crippen LogP contribution in [0.1, 0.15) is 24.5 Å². The normalized spacial score (nSPS) is 21.8. The van der Waals surface area contributed by atoms with E-state index >= 15 is 0 Å². The molecule has 0 fully saturated rings. The summed E-state index contributed by atoms with van der Waals surface area (Å²) < 4.78 is 5.89. The van der Waals surface area contributed by atoms with E-state index in [1.54, 1.807) is 0 Å². The standard InChI is InChI=1S/C14H21NO2/c1-10-3-4-13-11(5-10)6-12(17-13)7-14(2,8-15)9-16/h3-5,12,16H,6-9,15H2,1-2H3. The summed E-state index contributed by atoms with van der Waals surface area (Å²) in [5.74, 6) is 0.984. The van der Waals surface area contributed by atoms with Crippen LogP contribution in [-0.2, 0) is 6.42 Å². The van der Waals surface area contributed by atoms with Gasteiger partial charge in [-0.25, -0.2) is 0 Å². The number of hydrogen-bond acceptors (Lipinski definition) is 3. The van der Waals surface area contributed by atoms with Crippen molar-refractivity contribution in [2.45, 2.75) is 32.8 Å². The molecule has 2 atom stereocenters. The second-order valence-electron chi connectivity index (χ2n) is 5.43. The monoisotopic (exact) mass is 235 g/mol. The van der Waals surface area contributed by atoms with E-state index in [9.17, 15) is 5.11 Å². The van der Waals surface area contributed by atoms with Gasteiger partial charge in [0.05, 0.1) is 0 Å². The third-order valence-corrected chi connectivity index (χ3v) is 3.55. The highest BCUT2D eigenvalue weighted by molar-refractivity contribution is 5.40. The van der Waals surface area contributed by atoms with Gasteiger partial charge in [-0.3, -0.25) is 0 Å². The molecule has 1 heterocycles. The van der Waals surface area contributed by atoms with Gasteiger partial charge in [-0.05, 0) is 25.0 Å². The van der Waals surface area contributed by atoms with Gasteiger partial charge in [-0.15, -0.1) is 0 Å². The highest BCUT2D eigenvalue weighted by Gasteiger charge is 2.31. The Hall–Kier alpha value is -1.06. The molecule has 2 rings (SSSR count). The fourth-order valence-corrected chi connectivity index (χ4v) is 2.33. The maximum atomic E-state index is 9.37. The van der Waals surface area contributed by atoms with Crippen molar-refractivity contribution in [2.24, 2.45) is 11.1 Å². The lowest BCUT2D eigenvalue weighted by Crippen LogP contribution is -2.36. The minimum atomic E-state index is -0.234. The summed E-state index contributed by atoms with van der Waals surface area (Å²) >= 11 is 0. The topological polar surface area (TPSA) is 55.5 Å².